The first-order valence-corrected chi connectivity index (χ1v) is 9.38. The highest BCUT2D eigenvalue weighted by Gasteiger charge is 2.46. The number of aromatic amines is 1. The van der Waals surface area contributed by atoms with E-state index in [-0.39, 0.29) is 35.5 Å². The molecular formula is C19H25N3O4. The molecule has 4 atom stereocenters. The first-order valence-electron chi connectivity index (χ1n) is 9.38. The molecule has 1 fully saturated rings. The standard InChI is InChI=1S/C19H25N3O4/c1-3-26-19(24)16-11(2)4-5-12-8-22(9-13(12)16)18(23)17-14-10-25-7-6-15(14)20-21-17/h4-5,11-13,16H,3,6-10H2,1-2H3,(H,20,21)/t11-,12-,13+,16+/m0/s1. The second-order valence-corrected chi connectivity index (χ2v) is 7.39. The van der Waals surface area contributed by atoms with Crippen LogP contribution in [0.1, 0.15) is 35.6 Å². The van der Waals surface area contributed by atoms with Crippen molar-refractivity contribution in [3.8, 4) is 0 Å². The Kier molecular flexibility index (Phi) is 4.56. The molecular weight excluding hydrogens is 334 g/mol. The van der Waals surface area contributed by atoms with Crippen LogP contribution >= 0.6 is 0 Å². The number of nitrogens with one attached hydrogen (secondary N) is 1. The van der Waals surface area contributed by atoms with Gasteiger partial charge in [-0.1, -0.05) is 19.1 Å². The maximum absolute atomic E-state index is 13.1. The third-order valence-electron chi connectivity index (χ3n) is 5.85. The van der Waals surface area contributed by atoms with Gasteiger partial charge in [-0.15, -0.1) is 0 Å². The number of esters is 1. The average molecular weight is 359 g/mol. The highest BCUT2D eigenvalue weighted by Crippen LogP contribution is 2.40. The fraction of sp³-hybridized carbons (Fsp3) is 0.632. The third kappa shape index (κ3) is 2.84. The van der Waals surface area contributed by atoms with Crippen LogP contribution < -0.4 is 0 Å². The predicted octanol–water partition coefficient (Wildman–Crippen LogP) is 1.56. The van der Waals surface area contributed by atoms with Crippen molar-refractivity contribution in [2.24, 2.45) is 23.7 Å². The summed E-state index contributed by atoms with van der Waals surface area (Å²) in [6, 6.07) is 0. The van der Waals surface area contributed by atoms with Crippen LogP contribution in [0.25, 0.3) is 0 Å². The molecule has 26 heavy (non-hydrogen) atoms. The van der Waals surface area contributed by atoms with Crippen molar-refractivity contribution < 1.29 is 19.1 Å². The number of amides is 1. The summed E-state index contributed by atoms with van der Waals surface area (Å²) >= 11 is 0. The number of hydrogen-bond acceptors (Lipinski definition) is 5. The summed E-state index contributed by atoms with van der Waals surface area (Å²) in [5.74, 6) is -0.0130. The summed E-state index contributed by atoms with van der Waals surface area (Å²) in [5.41, 5.74) is 2.33. The molecule has 140 valence electrons. The van der Waals surface area contributed by atoms with E-state index >= 15 is 0 Å². The maximum atomic E-state index is 13.1. The molecule has 1 aromatic rings. The van der Waals surface area contributed by atoms with Gasteiger partial charge in [0.25, 0.3) is 5.91 Å². The quantitative estimate of drug-likeness (QED) is 0.654. The van der Waals surface area contributed by atoms with Gasteiger partial charge in [0.05, 0.1) is 25.7 Å². The van der Waals surface area contributed by atoms with Crippen molar-refractivity contribution >= 4 is 11.9 Å². The second kappa shape index (κ2) is 6.87. The molecule has 1 aliphatic carbocycles. The van der Waals surface area contributed by atoms with Crippen LogP contribution in [-0.4, -0.2) is 53.3 Å². The molecule has 0 aromatic carbocycles. The number of allylic oxidation sites excluding steroid dienone is 1. The maximum Gasteiger partial charge on any atom is 0.309 e. The first kappa shape index (κ1) is 17.3. The zero-order valence-electron chi connectivity index (χ0n) is 15.2. The number of aromatic nitrogens is 2. The Labute approximate surface area is 152 Å². The number of fused-ring (bicyclic) bond motifs is 2. The number of nitrogens with zero attached hydrogens (tertiary/aromatic N) is 2. The number of carbonyl (C=O) groups excluding carboxylic acids is 2. The Bertz CT molecular complexity index is 741. The van der Waals surface area contributed by atoms with Crippen LogP contribution in [0.5, 0.6) is 0 Å². The minimum atomic E-state index is -0.195. The van der Waals surface area contributed by atoms with Crippen molar-refractivity contribution in [3.63, 3.8) is 0 Å². The molecule has 7 heteroatoms. The number of H-pyrrole nitrogens is 1. The van der Waals surface area contributed by atoms with E-state index in [9.17, 15) is 9.59 Å². The largest absolute Gasteiger partial charge is 0.466 e. The lowest BCUT2D eigenvalue weighted by Crippen LogP contribution is -2.37. The third-order valence-corrected chi connectivity index (χ3v) is 5.85. The summed E-state index contributed by atoms with van der Waals surface area (Å²) in [7, 11) is 0. The Balaban J connectivity index is 1.54. The van der Waals surface area contributed by atoms with Crippen molar-refractivity contribution in [2.45, 2.75) is 26.9 Å². The number of likely N-dealkylation sites (tertiary alicyclic amines) is 1. The SMILES string of the molecule is CCOC(=O)[C@H]1[C@@H]2CN(C(=O)c3n[nH]c4c3COCC4)C[C@@H]2C=C[C@@H]1C. The second-order valence-electron chi connectivity index (χ2n) is 7.39. The molecule has 0 bridgehead atoms. The fourth-order valence-corrected chi connectivity index (χ4v) is 4.50. The molecule has 1 aromatic heterocycles. The lowest BCUT2D eigenvalue weighted by Gasteiger charge is -2.31. The summed E-state index contributed by atoms with van der Waals surface area (Å²) < 4.78 is 10.8. The Hall–Kier alpha value is -2.15. The van der Waals surface area contributed by atoms with Crippen LogP contribution in [0.2, 0.25) is 0 Å². The minimum Gasteiger partial charge on any atom is -0.466 e. The molecule has 0 radical (unpaired) electrons. The number of rotatable bonds is 3. The molecule has 3 aliphatic rings. The Morgan fingerprint density at radius 1 is 1.38 bits per heavy atom. The van der Waals surface area contributed by atoms with E-state index in [1.807, 2.05) is 18.7 Å². The molecule has 2 aliphatic heterocycles. The van der Waals surface area contributed by atoms with E-state index < -0.39 is 0 Å². The number of carbonyl (C=O) groups is 2. The zero-order chi connectivity index (χ0) is 18.3. The molecule has 0 spiro atoms. The van der Waals surface area contributed by atoms with E-state index in [0.717, 1.165) is 17.7 Å². The zero-order valence-corrected chi connectivity index (χ0v) is 15.2. The number of ether oxygens (including phenoxy) is 2. The van der Waals surface area contributed by atoms with Crippen LogP contribution in [-0.2, 0) is 27.3 Å². The smallest absolute Gasteiger partial charge is 0.309 e. The van der Waals surface area contributed by atoms with Crippen LogP contribution in [0.15, 0.2) is 12.2 Å². The summed E-state index contributed by atoms with van der Waals surface area (Å²) in [6.07, 6.45) is 4.99. The molecule has 0 unspecified atom stereocenters. The van der Waals surface area contributed by atoms with E-state index in [4.69, 9.17) is 9.47 Å². The highest BCUT2D eigenvalue weighted by atomic mass is 16.5. The highest BCUT2D eigenvalue weighted by molar-refractivity contribution is 5.94. The van der Waals surface area contributed by atoms with E-state index in [0.29, 0.717) is 38.6 Å². The molecule has 7 nitrogen and oxygen atoms in total. The fourth-order valence-electron chi connectivity index (χ4n) is 4.50. The van der Waals surface area contributed by atoms with Gasteiger partial charge in [-0.05, 0) is 24.7 Å². The molecule has 1 N–H and O–H groups in total. The van der Waals surface area contributed by atoms with Crippen LogP contribution in [0, 0.1) is 23.7 Å². The van der Waals surface area contributed by atoms with E-state index in [2.05, 4.69) is 22.3 Å². The first-order chi connectivity index (χ1) is 12.6. The minimum absolute atomic E-state index is 0.0777. The lowest BCUT2D eigenvalue weighted by molar-refractivity contribution is -0.152. The predicted molar refractivity (Wildman–Crippen MR) is 93.3 cm³/mol. The summed E-state index contributed by atoms with van der Waals surface area (Å²) in [4.78, 5) is 27.3. The molecule has 4 rings (SSSR count). The summed E-state index contributed by atoms with van der Waals surface area (Å²) in [5, 5.41) is 7.23. The van der Waals surface area contributed by atoms with Gasteiger partial charge in [0, 0.05) is 30.8 Å². The summed E-state index contributed by atoms with van der Waals surface area (Å²) in [6.45, 7) is 6.50. The van der Waals surface area contributed by atoms with E-state index in [1.165, 1.54) is 0 Å². The van der Waals surface area contributed by atoms with Gasteiger partial charge in [-0.2, -0.15) is 5.10 Å². The molecule has 3 heterocycles. The number of hydrogen-bond donors (Lipinski definition) is 1. The van der Waals surface area contributed by atoms with Gasteiger partial charge in [-0.3, -0.25) is 14.7 Å². The topological polar surface area (TPSA) is 84.5 Å². The van der Waals surface area contributed by atoms with Crippen LogP contribution in [0.4, 0.5) is 0 Å². The van der Waals surface area contributed by atoms with Crippen molar-refractivity contribution in [1.82, 2.24) is 15.1 Å². The average Bonchev–Trinajstić information content (AvgIpc) is 3.25. The molecule has 1 amide bonds. The Morgan fingerprint density at radius 2 is 2.23 bits per heavy atom. The van der Waals surface area contributed by atoms with Gasteiger partial charge < -0.3 is 14.4 Å². The van der Waals surface area contributed by atoms with Gasteiger partial charge in [0.2, 0.25) is 0 Å². The lowest BCUT2D eigenvalue weighted by atomic mass is 9.72. The van der Waals surface area contributed by atoms with Crippen molar-refractivity contribution in [2.75, 3.05) is 26.3 Å². The van der Waals surface area contributed by atoms with Gasteiger partial charge in [0.15, 0.2) is 5.69 Å². The Morgan fingerprint density at radius 3 is 3.04 bits per heavy atom. The van der Waals surface area contributed by atoms with Gasteiger partial charge in [0.1, 0.15) is 0 Å². The van der Waals surface area contributed by atoms with Crippen molar-refractivity contribution in [3.05, 3.63) is 29.1 Å². The molecule has 0 saturated carbocycles. The molecule has 1 saturated heterocycles. The van der Waals surface area contributed by atoms with Crippen molar-refractivity contribution in [1.29, 1.82) is 0 Å². The van der Waals surface area contributed by atoms with E-state index in [1.54, 1.807) is 0 Å². The normalized spacial score (nSPS) is 30.0. The van der Waals surface area contributed by atoms with Gasteiger partial charge >= 0.3 is 5.97 Å². The van der Waals surface area contributed by atoms with Crippen LogP contribution in [0.3, 0.4) is 0 Å². The monoisotopic (exact) mass is 359 g/mol. The van der Waals surface area contributed by atoms with Gasteiger partial charge in [-0.25, -0.2) is 0 Å².